The molecule has 0 aliphatic heterocycles. The fourth-order valence-electron chi connectivity index (χ4n) is 2.82. The van der Waals surface area contributed by atoms with Crippen LogP contribution in [0.4, 0.5) is 4.39 Å². The van der Waals surface area contributed by atoms with Crippen LogP contribution in [-0.2, 0) is 16.4 Å². The number of aryl methyl sites for hydroxylation is 1. The molecule has 0 saturated heterocycles. The third kappa shape index (κ3) is 2.89. The number of ether oxygens (including phenoxy) is 2. The van der Waals surface area contributed by atoms with Gasteiger partial charge in [-0.3, -0.25) is 0 Å². The number of hydrogen-bond donors (Lipinski definition) is 1. The molecule has 3 aromatic rings. The number of sulfonamides is 1. The van der Waals surface area contributed by atoms with E-state index in [0.29, 0.717) is 23.1 Å². The molecule has 0 aliphatic carbocycles. The molecule has 0 atom stereocenters. The van der Waals surface area contributed by atoms with Gasteiger partial charge in [-0.2, -0.15) is 0 Å². The summed E-state index contributed by atoms with van der Waals surface area (Å²) in [5.41, 5.74) is 1.08. The van der Waals surface area contributed by atoms with Crippen LogP contribution in [0.15, 0.2) is 33.7 Å². The zero-order chi connectivity index (χ0) is 19.1. The Labute approximate surface area is 149 Å². The molecule has 0 spiro atoms. The van der Waals surface area contributed by atoms with Crippen molar-refractivity contribution in [1.82, 2.24) is 5.16 Å². The van der Waals surface area contributed by atoms with Gasteiger partial charge in [-0.1, -0.05) is 12.1 Å². The summed E-state index contributed by atoms with van der Waals surface area (Å²) in [6.45, 7) is 1.89. The van der Waals surface area contributed by atoms with Crippen LogP contribution in [0, 0.1) is 5.82 Å². The minimum Gasteiger partial charge on any atom is -0.496 e. The predicted octanol–water partition coefficient (Wildman–Crippen LogP) is 2.86. The zero-order valence-electron chi connectivity index (χ0n) is 14.4. The van der Waals surface area contributed by atoms with Gasteiger partial charge in [0.2, 0.25) is 10.0 Å². The average Bonchev–Trinajstić information content (AvgIpc) is 3.01. The first kappa shape index (κ1) is 18.2. The molecule has 0 amide bonds. The lowest BCUT2D eigenvalue weighted by atomic mass is 10.0. The smallest absolute Gasteiger partial charge is 0.238 e. The van der Waals surface area contributed by atoms with Crippen LogP contribution in [0.25, 0.3) is 22.1 Å². The highest BCUT2D eigenvalue weighted by molar-refractivity contribution is 7.89. The van der Waals surface area contributed by atoms with Crippen molar-refractivity contribution in [1.29, 1.82) is 0 Å². The summed E-state index contributed by atoms with van der Waals surface area (Å²) in [6.07, 6.45) is 0.585. The van der Waals surface area contributed by atoms with Crippen molar-refractivity contribution in [2.24, 2.45) is 5.14 Å². The molecular formula is C17H17FN2O5S. The lowest BCUT2D eigenvalue weighted by molar-refractivity contribution is 0.386. The lowest BCUT2D eigenvalue weighted by Gasteiger charge is -2.15. The standard InChI is InChI=1S/C17H17FN2O5S/c1-4-11-9-7-10(13(24-3)8-14(9)25-20-11)16-15(26(19,21)22)6-5-12(23-2)17(16)18/h5-8H,4H2,1-3H3,(H2,19,21,22). The molecule has 138 valence electrons. The van der Waals surface area contributed by atoms with Crippen molar-refractivity contribution in [2.45, 2.75) is 18.2 Å². The topological polar surface area (TPSA) is 105 Å². The molecule has 0 unspecified atom stereocenters. The Bertz CT molecular complexity index is 1090. The molecule has 3 rings (SSSR count). The number of aromatic nitrogens is 1. The minimum atomic E-state index is -4.20. The Kier molecular flexibility index (Phi) is 4.59. The molecule has 0 saturated carbocycles. The minimum absolute atomic E-state index is 0.115. The Hall–Kier alpha value is -2.65. The van der Waals surface area contributed by atoms with Gasteiger partial charge in [0.1, 0.15) is 5.75 Å². The van der Waals surface area contributed by atoms with Crippen LogP contribution in [-0.4, -0.2) is 27.8 Å². The van der Waals surface area contributed by atoms with E-state index in [-0.39, 0.29) is 27.5 Å². The maximum absolute atomic E-state index is 15.0. The predicted molar refractivity (Wildman–Crippen MR) is 93.3 cm³/mol. The van der Waals surface area contributed by atoms with Crippen molar-refractivity contribution >= 4 is 21.0 Å². The second-order valence-corrected chi connectivity index (χ2v) is 7.06. The number of rotatable bonds is 5. The van der Waals surface area contributed by atoms with Gasteiger partial charge in [0.15, 0.2) is 17.1 Å². The van der Waals surface area contributed by atoms with Crippen molar-refractivity contribution in [3.8, 4) is 22.6 Å². The van der Waals surface area contributed by atoms with Crippen LogP contribution in [0.1, 0.15) is 12.6 Å². The van der Waals surface area contributed by atoms with Gasteiger partial charge in [0.05, 0.1) is 24.8 Å². The summed E-state index contributed by atoms with van der Waals surface area (Å²) < 4.78 is 54.6. The van der Waals surface area contributed by atoms with E-state index in [1.165, 1.54) is 32.4 Å². The highest BCUT2D eigenvalue weighted by Gasteiger charge is 2.26. The normalized spacial score (nSPS) is 11.7. The van der Waals surface area contributed by atoms with E-state index in [2.05, 4.69) is 5.16 Å². The Morgan fingerprint density at radius 1 is 1.19 bits per heavy atom. The molecule has 7 nitrogen and oxygen atoms in total. The molecule has 1 aromatic heterocycles. The van der Waals surface area contributed by atoms with Gasteiger partial charge < -0.3 is 14.0 Å². The Morgan fingerprint density at radius 3 is 2.46 bits per heavy atom. The first-order valence-electron chi connectivity index (χ1n) is 7.67. The highest BCUT2D eigenvalue weighted by atomic mass is 32.2. The number of nitrogens with two attached hydrogens (primary N) is 1. The Morgan fingerprint density at radius 2 is 1.88 bits per heavy atom. The second-order valence-electron chi connectivity index (χ2n) is 5.53. The van der Waals surface area contributed by atoms with Crippen LogP contribution >= 0.6 is 0 Å². The van der Waals surface area contributed by atoms with Gasteiger partial charge in [0, 0.05) is 22.6 Å². The van der Waals surface area contributed by atoms with E-state index in [9.17, 15) is 8.42 Å². The van der Waals surface area contributed by atoms with Crippen molar-refractivity contribution in [3.63, 3.8) is 0 Å². The molecule has 0 aliphatic rings. The van der Waals surface area contributed by atoms with E-state index in [0.717, 1.165) is 0 Å². The van der Waals surface area contributed by atoms with Gasteiger partial charge in [-0.15, -0.1) is 0 Å². The molecule has 0 fully saturated rings. The van der Waals surface area contributed by atoms with E-state index in [1.807, 2.05) is 6.92 Å². The maximum atomic E-state index is 15.0. The molecule has 0 radical (unpaired) electrons. The molecule has 2 N–H and O–H groups in total. The number of benzene rings is 2. The van der Waals surface area contributed by atoms with E-state index >= 15 is 4.39 Å². The number of primary sulfonamides is 1. The van der Waals surface area contributed by atoms with E-state index < -0.39 is 15.8 Å². The fourth-order valence-corrected chi connectivity index (χ4v) is 3.56. The average molecular weight is 380 g/mol. The number of fused-ring (bicyclic) bond motifs is 1. The van der Waals surface area contributed by atoms with Crippen molar-refractivity contribution < 1.29 is 26.8 Å². The number of halogens is 1. The van der Waals surface area contributed by atoms with E-state index in [1.54, 1.807) is 6.07 Å². The first-order valence-corrected chi connectivity index (χ1v) is 9.22. The van der Waals surface area contributed by atoms with Crippen molar-refractivity contribution in [3.05, 3.63) is 35.8 Å². The van der Waals surface area contributed by atoms with Gasteiger partial charge in [-0.25, -0.2) is 17.9 Å². The lowest BCUT2D eigenvalue weighted by Crippen LogP contribution is -2.14. The second kappa shape index (κ2) is 6.58. The third-order valence-corrected chi connectivity index (χ3v) is 5.02. The molecule has 26 heavy (non-hydrogen) atoms. The van der Waals surface area contributed by atoms with Crippen LogP contribution in [0.3, 0.4) is 0 Å². The summed E-state index contributed by atoms with van der Waals surface area (Å²) in [5, 5.41) is 9.88. The van der Waals surface area contributed by atoms with Crippen LogP contribution in [0.5, 0.6) is 11.5 Å². The zero-order valence-corrected chi connectivity index (χ0v) is 15.2. The summed E-state index contributed by atoms with van der Waals surface area (Å²) in [7, 11) is -1.53. The van der Waals surface area contributed by atoms with Gasteiger partial charge in [0.25, 0.3) is 0 Å². The number of hydrogen-bond acceptors (Lipinski definition) is 6. The molecule has 2 aromatic carbocycles. The Balaban J connectivity index is 2.45. The molecule has 1 heterocycles. The third-order valence-electron chi connectivity index (χ3n) is 4.07. The van der Waals surface area contributed by atoms with Crippen molar-refractivity contribution in [2.75, 3.05) is 14.2 Å². The molecule has 9 heteroatoms. The molecular weight excluding hydrogens is 363 g/mol. The maximum Gasteiger partial charge on any atom is 0.238 e. The SMILES string of the molecule is CCc1noc2cc(OC)c(-c3c(S(N)(=O)=O)ccc(OC)c3F)cc12. The van der Waals surface area contributed by atoms with Crippen LogP contribution in [0.2, 0.25) is 0 Å². The highest BCUT2D eigenvalue weighted by Crippen LogP contribution is 2.41. The molecule has 0 bridgehead atoms. The monoisotopic (exact) mass is 380 g/mol. The van der Waals surface area contributed by atoms with Gasteiger partial charge in [-0.05, 0) is 24.6 Å². The number of methoxy groups -OCH3 is 2. The number of nitrogens with zero attached hydrogens (tertiary/aromatic N) is 1. The quantitative estimate of drug-likeness (QED) is 0.730. The van der Waals surface area contributed by atoms with Gasteiger partial charge >= 0.3 is 0 Å². The summed E-state index contributed by atoms with van der Waals surface area (Å²) >= 11 is 0. The fraction of sp³-hybridized carbons (Fsp3) is 0.235. The van der Waals surface area contributed by atoms with E-state index in [4.69, 9.17) is 19.1 Å². The largest absolute Gasteiger partial charge is 0.496 e. The summed E-state index contributed by atoms with van der Waals surface area (Å²) in [5.74, 6) is -0.755. The first-order chi connectivity index (χ1) is 12.3. The van der Waals surface area contributed by atoms with Crippen LogP contribution < -0.4 is 14.6 Å². The summed E-state index contributed by atoms with van der Waals surface area (Å²) in [6, 6.07) is 5.52. The summed E-state index contributed by atoms with van der Waals surface area (Å²) in [4.78, 5) is -0.372.